The minimum atomic E-state index is -5.04. The molecule has 0 aliphatic heterocycles. The van der Waals surface area contributed by atoms with E-state index in [1.54, 1.807) is 0 Å². The SMILES string of the molecule is O=S(=O)(O)c1ccc(N=Nc2ccc(O)c3cc(S(=O)(=O)O)cc(S(=O)(=O)O)c23)cc1. The number of phenols is 1. The zero-order valence-corrected chi connectivity index (χ0v) is 17.4. The number of benzene rings is 3. The van der Waals surface area contributed by atoms with Gasteiger partial charge in [0.15, 0.2) is 0 Å². The van der Waals surface area contributed by atoms with E-state index in [1.165, 1.54) is 12.1 Å². The van der Waals surface area contributed by atoms with Crippen molar-refractivity contribution in [3.05, 3.63) is 48.5 Å². The van der Waals surface area contributed by atoms with E-state index in [2.05, 4.69) is 10.2 Å². The number of nitrogens with zero attached hydrogens (tertiary/aromatic N) is 2. The molecule has 0 fully saturated rings. The van der Waals surface area contributed by atoms with Crippen LogP contribution in [0.1, 0.15) is 0 Å². The first kappa shape index (κ1) is 22.7. The Morgan fingerprint density at radius 2 is 1.23 bits per heavy atom. The quantitative estimate of drug-likeness (QED) is 0.305. The first-order chi connectivity index (χ1) is 14.2. The molecule has 164 valence electrons. The van der Waals surface area contributed by atoms with Crippen molar-refractivity contribution in [3.63, 3.8) is 0 Å². The molecule has 0 heterocycles. The maximum atomic E-state index is 11.8. The number of azo groups is 1. The summed E-state index contributed by atoms with van der Waals surface area (Å²) in [5, 5.41) is 16.9. The molecule has 12 nitrogen and oxygen atoms in total. The van der Waals surface area contributed by atoms with Crippen LogP contribution >= 0.6 is 0 Å². The van der Waals surface area contributed by atoms with Crippen LogP contribution in [0.2, 0.25) is 0 Å². The van der Waals surface area contributed by atoms with Crippen LogP contribution in [0.4, 0.5) is 11.4 Å². The van der Waals surface area contributed by atoms with E-state index in [-0.39, 0.29) is 22.1 Å². The van der Waals surface area contributed by atoms with Crippen LogP contribution in [0.25, 0.3) is 10.8 Å². The molecular weight excluding hydrogens is 476 g/mol. The van der Waals surface area contributed by atoms with Gasteiger partial charge in [-0.05, 0) is 48.5 Å². The molecular formula is C16H12N2O10S3. The van der Waals surface area contributed by atoms with Gasteiger partial charge in [0.1, 0.15) is 10.6 Å². The Bertz CT molecular complexity index is 1540. The third-order valence-corrected chi connectivity index (χ3v) is 6.57. The Morgan fingerprint density at radius 1 is 0.645 bits per heavy atom. The van der Waals surface area contributed by atoms with Crippen LogP contribution in [0.5, 0.6) is 5.75 Å². The molecule has 3 rings (SSSR count). The normalized spacial score (nSPS) is 13.1. The molecule has 3 aromatic carbocycles. The van der Waals surface area contributed by atoms with Gasteiger partial charge in [0.05, 0.1) is 21.2 Å². The van der Waals surface area contributed by atoms with Crippen LogP contribution in [0.15, 0.2) is 73.4 Å². The molecule has 0 aliphatic rings. The van der Waals surface area contributed by atoms with Crippen LogP contribution in [0.3, 0.4) is 0 Å². The first-order valence-electron chi connectivity index (χ1n) is 7.92. The lowest BCUT2D eigenvalue weighted by atomic mass is 10.1. The van der Waals surface area contributed by atoms with E-state index in [0.29, 0.717) is 6.07 Å². The zero-order valence-electron chi connectivity index (χ0n) is 15.0. The largest absolute Gasteiger partial charge is 0.507 e. The second-order valence-electron chi connectivity index (χ2n) is 6.07. The molecule has 4 N–H and O–H groups in total. The molecule has 31 heavy (non-hydrogen) atoms. The summed E-state index contributed by atoms with van der Waals surface area (Å²) in [6.45, 7) is 0. The lowest BCUT2D eigenvalue weighted by molar-refractivity contribution is 0.478. The molecule has 0 unspecified atom stereocenters. The fourth-order valence-electron chi connectivity index (χ4n) is 2.62. The molecule has 0 atom stereocenters. The summed E-state index contributed by atoms with van der Waals surface area (Å²) in [5.41, 5.74) is -0.113. The second-order valence-corrected chi connectivity index (χ2v) is 10.3. The van der Waals surface area contributed by atoms with E-state index in [0.717, 1.165) is 30.3 Å². The van der Waals surface area contributed by atoms with Crippen molar-refractivity contribution in [2.45, 2.75) is 14.7 Å². The first-order valence-corrected chi connectivity index (χ1v) is 12.2. The maximum Gasteiger partial charge on any atom is 0.295 e. The molecule has 0 amide bonds. The second kappa shape index (κ2) is 7.63. The van der Waals surface area contributed by atoms with E-state index in [9.17, 15) is 39.5 Å². The Hall–Kier alpha value is -2.95. The highest BCUT2D eigenvalue weighted by molar-refractivity contribution is 7.87. The number of hydrogen-bond donors (Lipinski definition) is 4. The van der Waals surface area contributed by atoms with Crippen molar-refractivity contribution in [1.29, 1.82) is 0 Å². The lowest BCUT2D eigenvalue weighted by Gasteiger charge is -2.10. The summed E-state index contributed by atoms with van der Waals surface area (Å²) in [6.07, 6.45) is 0. The Morgan fingerprint density at radius 3 is 1.74 bits per heavy atom. The van der Waals surface area contributed by atoms with Crippen molar-refractivity contribution >= 4 is 52.5 Å². The predicted molar refractivity (Wildman–Crippen MR) is 106 cm³/mol. The number of phenolic OH excluding ortho intramolecular Hbond substituents is 1. The van der Waals surface area contributed by atoms with Crippen LogP contribution in [0, 0.1) is 0 Å². The number of hydrogen-bond acceptors (Lipinski definition) is 9. The number of aromatic hydroxyl groups is 1. The van der Waals surface area contributed by atoms with Crippen LogP contribution < -0.4 is 0 Å². The Balaban J connectivity index is 2.24. The molecule has 3 aromatic rings. The van der Waals surface area contributed by atoms with E-state index < -0.39 is 50.8 Å². The minimum absolute atomic E-state index is 0.0941. The Labute approximate surface area is 175 Å². The van der Waals surface area contributed by atoms with Gasteiger partial charge in [-0.1, -0.05) is 0 Å². The monoisotopic (exact) mass is 488 g/mol. The molecule has 0 radical (unpaired) electrons. The molecule has 0 saturated carbocycles. The smallest absolute Gasteiger partial charge is 0.295 e. The van der Waals surface area contributed by atoms with Crippen LogP contribution in [-0.2, 0) is 30.4 Å². The third-order valence-electron chi connectivity index (χ3n) is 3.99. The predicted octanol–water partition coefficient (Wildman–Crippen LogP) is 2.70. The summed E-state index contributed by atoms with van der Waals surface area (Å²) < 4.78 is 96.5. The third kappa shape index (κ3) is 4.87. The number of rotatable bonds is 5. The zero-order chi connectivity index (χ0) is 23.2. The van der Waals surface area contributed by atoms with Gasteiger partial charge in [-0.3, -0.25) is 13.7 Å². The van der Waals surface area contributed by atoms with Crippen molar-refractivity contribution in [2.24, 2.45) is 10.2 Å². The number of fused-ring (bicyclic) bond motifs is 1. The van der Waals surface area contributed by atoms with E-state index >= 15 is 0 Å². The van der Waals surface area contributed by atoms with Gasteiger partial charge < -0.3 is 5.11 Å². The highest BCUT2D eigenvalue weighted by atomic mass is 32.2. The van der Waals surface area contributed by atoms with Crippen LogP contribution in [-0.4, -0.2) is 44.0 Å². The summed E-state index contributed by atoms with van der Waals surface area (Å²) in [7, 11) is -14.4. The average molecular weight is 488 g/mol. The average Bonchev–Trinajstić information content (AvgIpc) is 2.65. The molecule has 0 spiro atoms. The van der Waals surface area contributed by atoms with Gasteiger partial charge in [-0.2, -0.15) is 30.4 Å². The maximum absolute atomic E-state index is 11.8. The molecule has 0 aromatic heterocycles. The highest BCUT2D eigenvalue weighted by Gasteiger charge is 2.24. The highest BCUT2D eigenvalue weighted by Crippen LogP contribution is 2.39. The summed E-state index contributed by atoms with van der Waals surface area (Å²) in [5.74, 6) is -0.568. The fraction of sp³-hybridized carbons (Fsp3) is 0. The van der Waals surface area contributed by atoms with Crippen molar-refractivity contribution in [2.75, 3.05) is 0 Å². The van der Waals surface area contributed by atoms with Gasteiger partial charge >= 0.3 is 0 Å². The molecule has 0 saturated heterocycles. The molecule has 15 heteroatoms. The van der Waals surface area contributed by atoms with Crippen molar-refractivity contribution < 1.29 is 44.0 Å². The summed E-state index contributed by atoms with van der Waals surface area (Å²) >= 11 is 0. The van der Waals surface area contributed by atoms with Crippen molar-refractivity contribution in [3.8, 4) is 5.75 Å². The fourth-order valence-corrected chi connectivity index (χ4v) is 4.46. The molecule has 0 bridgehead atoms. The lowest BCUT2D eigenvalue weighted by Crippen LogP contribution is -2.04. The van der Waals surface area contributed by atoms with Gasteiger partial charge in [0, 0.05) is 10.8 Å². The summed E-state index contributed by atoms with van der Waals surface area (Å²) in [4.78, 5) is -2.24. The van der Waals surface area contributed by atoms with E-state index in [4.69, 9.17) is 4.55 Å². The van der Waals surface area contributed by atoms with Gasteiger partial charge in [-0.15, -0.1) is 5.11 Å². The Kier molecular flexibility index (Phi) is 5.59. The standard InChI is InChI=1S/C16H12N2O10S3/c19-14-6-5-13(18-17-9-1-3-10(4-2-9)29(20,21)22)16-12(14)7-11(30(23,24)25)8-15(16)31(26,27)28/h1-8,19H,(H,20,21,22)(H,23,24,25)(H,26,27,28). The summed E-state index contributed by atoms with van der Waals surface area (Å²) in [6, 6.07) is 7.93. The molecule has 0 aliphatic carbocycles. The van der Waals surface area contributed by atoms with Crippen molar-refractivity contribution in [1.82, 2.24) is 0 Å². The van der Waals surface area contributed by atoms with Gasteiger partial charge in [0.25, 0.3) is 30.4 Å². The minimum Gasteiger partial charge on any atom is -0.507 e. The van der Waals surface area contributed by atoms with Gasteiger partial charge in [0.2, 0.25) is 0 Å². The van der Waals surface area contributed by atoms with E-state index in [1.807, 2.05) is 0 Å². The topological polar surface area (TPSA) is 208 Å². The van der Waals surface area contributed by atoms with Gasteiger partial charge in [-0.25, -0.2) is 0 Å².